The number of halogens is 1. The Labute approximate surface area is 159 Å². The molecule has 7 nitrogen and oxygen atoms in total. The Hall–Kier alpha value is -3.45. The standard InChI is InChI=1S/C19H14ClN5O2/c1-12-13-5-2-3-6-14(13)19(27)24(12)9-17(26)23-16-8-4-7-15(20)18(16)25-11-21-10-22-25/h2-8,10-11H,1,9H2,(H,23,26). The smallest absolute Gasteiger partial charge is 0.259 e. The number of hydrogen-bond acceptors (Lipinski definition) is 4. The van der Waals surface area contributed by atoms with E-state index < -0.39 is 0 Å². The van der Waals surface area contributed by atoms with Crippen molar-refractivity contribution in [2.24, 2.45) is 0 Å². The average molecular weight is 380 g/mol. The molecule has 0 aliphatic carbocycles. The van der Waals surface area contributed by atoms with E-state index >= 15 is 0 Å². The maximum absolute atomic E-state index is 12.6. The van der Waals surface area contributed by atoms with E-state index in [9.17, 15) is 9.59 Å². The van der Waals surface area contributed by atoms with Gasteiger partial charge in [-0.05, 0) is 18.2 Å². The lowest BCUT2D eigenvalue weighted by molar-refractivity contribution is -0.116. The first kappa shape index (κ1) is 17.0. The summed E-state index contributed by atoms with van der Waals surface area (Å²) in [6.45, 7) is 3.78. The van der Waals surface area contributed by atoms with Crippen LogP contribution in [0.4, 0.5) is 5.69 Å². The largest absolute Gasteiger partial charge is 0.323 e. The van der Waals surface area contributed by atoms with Crippen LogP contribution in [0.5, 0.6) is 0 Å². The van der Waals surface area contributed by atoms with Crippen molar-refractivity contribution in [2.75, 3.05) is 11.9 Å². The second kappa shape index (κ2) is 6.69. The van der Waals surface area contributed by atoms with E-state index in [4.69, 9.17) is 11.6 Å². The maximum Gasteiger partial charge on any atom is 0.259 e. The molecular formula is C19H14ClN5O2. The zero-order valence-electron chi connectivity index (χ0n) is 14.1. The number of carbonyl (C=O) groups is 2. The Kier molecular flexibility index (Phi) is 4.21. The number of fused-ring (bicyclic) bond motifs is 1. The molecule has 4 rings (SSSR count). The van der Waals surface area contributed by atoms with Gasteiger partial charge in [0.1, 0.15) is 24.9 Å². The van der Waals surface area contributed by atoms with E-state index in [1.165, 1.54) is 22.2 Å². The molecule has 0 fully saturated rings. The fourth-order valence-corrected chi connectivity index (χ4v) is 3.27. The van der Waals surface area contributed by atoms with Gasteiger partial charge in [0.05, 0.1) is 10.7 Å². The number of anilines is 1. The van der Waals surface area contributed by atoms with Gasteiger partial charge in [-0.1, -0.05) is 42.4 Å². The van der Waals surface area contributed by atoms with Crippen LogP contribution in [0.25, 0.3) is 11.4 Å². The third kappa shape index (κ3) is 2.98. The predicted molar refractivity (Wildman–Crippen MR) is 102 cm³/mol. The number of carbonyl (C=O) groups excluding carboxylic acids is 2. The molecule has 0 atom stereocenters. The van der Waals surface area contributed by atoms with Crippen LogP contribution < -0.4 is 5.32 Å². The third-order valence-corrected chi connectivity index (χ3v) is 4.55. The Morgan fingerprint density at radius 1 is 1.15 bits per heavy atom. The lowest BCUT2D eigenvalue weighted by Gasteiger charge is -2.18. The van der Waals surface area contributed by atoms with Gasteiger partial charge in [-0.15, -0.1) is 0 Å². The summed E-state index contributed by atoms with van der Waals surface area (Å²) in [7, 11) is 0. The van der Waals surface area contributed by atoms with Crippen molar-refractivity contribution in [3.8, 4) is 5.69 Å². The number of nitrogens with zero attached hydrogens (tertiary/aromatic N) is 4. The highest BCUT2D eigenvalue weighted by Crippen LogP contribution is 2.31. The van der Waals surface area contributed by atoms with Crippen LogP contribution in [-0.4, -0.2) is 38.0 Å². The van der Waals surface area contributed by atoms with Crippen molar-refractivity contribution < 1.29 is 9.59 Å². The summed E-state index contributed by atoms with van der Waals surface area (Å²) in [6.07, 6.45) is 2.86. The molecule has 27 heavy (non-hydrogen) atoms. The van der Waals surface area contributed by atoms with Gasteiger partial charge in [0.25, 0.3) is 5.91 Å². The number of aromatic nitrogens is 3. The van der Waals surface area contributed by atoms with E-state index in [2.05, 4.69) is 22.0 Å². The van der Waals surface area contributed by atoms with Crippen molar-refractivity contribution in [3.63, 3.8) is 0 Å². The van der Waals surface area contributed by atoms with Gasteiger partial charge in [0.15, 0.2) is 0 Å². The Morgan fingerprint density at radius 3 is 2.63 bits per heavy atom. The molecule has 134 valence electrons. The van der Waals surface area contributed by atoms with Crippen molar-refractivity contribution in [3.05, 3.63) is 77.8 Å². The fraction of sp³-hybridized carbons (Fsp3) is 0.0526. The fourth-order valence-electron chi connectivity index (χ4n) is 3.01. The van der Waals surface area contributed by atoms with E-state index in [1.54, 1.807) is 30.3 Å². The molecule has 2 amide bonds. The Morgan fingerprint density at radius 2 is 1.93 bits per heavy atom. The highest BCUT2D eigenvalue weighted by molar-refractivity contribution is 6.33. The molecule has 1 aromatic heterocycles. The molecule has 2 aromatic carbocycles. The van der Waals surface area contributed by atoms with Crippen LogP contribution in [0.1, 0.15) is 15.9 Å². The second-order valence-corrected chi connectivity index (χ2v) is 6.32. The van der Waals surface area contributed by atoms with E-state index in [1.807, 2.05) is 12.1 Å². The number of rotatable bonds is 4. The SMILES string of the molecule is C=C1c2ccccc2C(=O)N1CC(=O)Nc1cccc(Cl)c1-n1cncn1. The summed E-state index contributed by atoms with van der Waals surface area (Å²) >= 11 is 6.26. The lowest BCUT2D eigenvalue weighted by Crippen LogP contribution is -2.33. The summed E-state index contributed by atoms with van der Waals surface area (Å²) in [5.74, 6) is -0.616. The van der Waals surface area contributed by atoms with Crippen molar-refractivity contribution in [1.82, 2.24) is 19.7 Å². The molecule has 0 bridgehead atoms. The molecule has 1 aliphatic heterocycles. The first-order valence-electron chi connectivity index (χ1n) is 8.10. The Balaban J connectivity index is 1.56. The Bertz CT molecular complexity index is 1030. The molecular weight excluding hydrogens is 366 g/mol. The van der Waals surface area contributed by atoms with Gasteiger partial charge in [-0.2, -0.15) is 5.10 Å². The minimum atomic E-state index is -0.374. The van der Waals surface area contributed by atoms with Gasteiger partial charge in [-0.3, -0.25) is 14.5 Å². The van der Waals surface area contributed by atoms with Crippen LogP contribution in [0, 0.1) is 0 Å². The van der Waals surface area contributed by atoms with E-state index in [-0.39, 0.29) is 18.4 Å². The summed E-state index contributed by atoms with van der Waals surface area (Å²) in [4.78, 5) is 30.4. The number of amides is 2. The molecule has 1 N–H and O–H groups in total. The maximum atomic E-state index is 12.6. The second-order valence-electron chi connectivity index (χ2n) is 5.91. The van der Waals surface area contributed by atoms with E-state index in [0.29, 0.717) is 27.7 Å². The highest BCUT2D eigenvalue weighted by Gasteiger charge is 2.32. The topological polar surface area (TPSA) is 80.1 Å². The van der Waals surface area contributed by atoms with Gasteiger partial charge in [-0.25, -0.2) is 9.67 Å². The molecule has 0 spiro atoms. The first-order chi connectivity index (χ1) is 13.1. The molecule has 0 radical (unpaired) electrons. The minimum Gasteiger partial charge on any atom is -0.323 e. The predicted octanol–water partition coefficient (Wildman–Crippen LogP) is 2.99. The summed E-state index contributed by atoms with van der Waals surface area (Å²) in [5, 5.41) is 7.26. The van der Waals surface area contributed by atoms with Crippen molar-refractivity contribution in [2.45, 2.75) is 0 Å². The average Bonchev–Trinajstić information content (AvgIpc) is 3.26. The highest BCUT2D eigenvalue weighted by atomic mass is 35.5. The van der Waals surface area contributed by atoms with Crippen LogP contribution >= 0.6 is 11.6 Å². The van der Waals surface area contributed by atoms with Gasteiger partial charge >= 0.3 is 0 Å². The van der Waals surface area contributed by atoms with Crippen LogP contribution in [0.2, 0.25) is 5.02 Å². The summed E-state index contributed by atoms with van der Waals surface area (Å²) in [5.41, 5.74) is 2.75. The monoisotopic (exact) mass is 379 g/mol. The zero-order chi connectivity index (χ0) is 19.0. The van der Waals surface area contributed by atoms with Gasteiger partial charge < -0.3 is 5.32 Å². The number of hydrogen-bond donors (Lipinski definition) is 1. The molecule has 0 saturated carbocycles. The van der Waals surface area contributed by atoms with Crippen molar-refractivity contribution >= 4 is 34.8 Å². The molecule has 1 aliphatic rings. The van der Waals surface area contributed by atoms with Gasteiger partial charge in [0, 0.05) is 16.8 Å². The molecule has 3 aromatic rings. The van der Waals surface area contributed by atoms with Crippen LogP contribution in [-0.2, 0) is 4.79 Å². The van der Waals surface area contributed by atoms with E-state index in [0.717, 1.165) is 5.56 Å². The lowest BCUT2D eigenvalue weighted by atomic mass is 10.1. The number of nitrogens with one attached hydrogen (secondary N) is 1. The zero-order valence-corrected chi connectivity index (χ0v) is 14.8. The third-order valence-electron chi connectivity index (χ3n) is 4.25. The number of para-hydroxylation sites is 1. The van der Waals surface area contributed by atoms with Crippen LogP contribution in [0.15, 0.2) is 61.7 Å². The van der Waals surface area contributed by atoms with Gasteiger partial charge in [0.2, 0.25) is 5.91 Å². The molecule has 0 saturated heterocycles. The molecule has 0 unspecified atom stereocenters. The molecule has 2 heterocycles. The summed E-state index contributed by atoms with van der Waals surface area (Å²) < 4.78 is 1.47. The quantitative estimate of drug-likeness (QED) is 0.755. The minimum absolute atomic E-state index is 0.157. The molecule has 8 heteroatoms. The number of benzene rings is 2. The summed E-state index contributed by atoms with van der Waals surface area (Å²) in [6, 6.07) is 12.3. The van der Waals surface area contributed by atoms with Crippen molar-refractivity contribution in [1.29, 1.82) is 0 Å². The van der Waals surface area contributed by atoms with Crippen LogP contribution in [0.3, 0.4) is 0 Å². The normalized spacial score (nSPS) is 13.0. The first-order valence-corrected chi connectivity index (χ1v) is 8.47.